The molecule has 0 unspecified atom stereocenters. The van der Waals surface area contributed by atoms with Crippen molar-refractivity contribution in [1.29, 1.82) is 0 Å². The Labute approximate surface area is 703 Å². The van der Waals surface area contributed by atoms with Crippen LogP contribution in [0.2, 0.25) is 0 Å². The molecule has 0 N–H and O–H groups in total. The van der Waals surface area contributed by atoms with Crippen molar-refractivity contribution in [3.05, 3.63) is 434 Å². The lowest BCUT2D eigenvalue weighted by molar-refractivity contribution is 0.660. The standard InChI is InChI=1S/C115H82N2S2/c1-73-25-27-75(28-26-73)76-29-31-77(32-30-76)78-37-49-92(50-38-78)116(94-53-41-82(42-54-94)88-47-63-112-104(67-88)102-21-9-11-23-110(102)118-112)96-57-62-101-99-60-46-91(70-107(99)115(4,5)109(101)71-96)80-35-33-79(34-36-80)84-17-13-19-86(65-84)87-20-14-18-85(66-87)81-39-51-93(52-40-81)117(95-55-43-83(44-56-95)89-48-64-113-105(68-89)103-22-10-12-24-111(103)119-113)97-58-61-100-98-59-45-90(74-15-7-6-8-16-74)69-106(98)114(2,3)108(100)72-97/h6-72H,1-5H3. The second-order valence-corrected chi connectivity index (χ2v) is 35.4. The molecule has 0 aliphatic heterocycles. The molecule has 20 aromatic rings. The van der Waals surface area contributed by atoms with Gasteiger partial charge in [-0.1, -0.05) is 306 Å². The fourth-order valence-electron chi connectivity index (χ4n) is 18.8. The van der Waals surface area contributed by atoms with Crippen LogP contribution in [0.1, 0.15) is 55.5 Å². The maximum Gasteiger partial charge on any atom is 0.0465 e. The first-order valence-corrected chi connectivity index (χ1v) is 42.9. The van der Waals surface area contributed by atoms with E-state index < -0.39 is 0 Å². The van der Waals surface area contributed by atoms with Crippen LogP contribution >= 0.6 is 22.7 Å². The molecule has 18 aromatic carbocycles. The van der Waals surface area contributed by atoms with Gasteiger partial charge in [-0.05, 0) is 285 Å². The highest BCUT2D eigenvalue weighted by Gasteiger charge is 2.38. The van der Waals surface area contributed by atoms with Gasteiger partial charge in [0.2, 0.25) is 0 Å². The molecule has 0 atom stereocenters. The van der Waals surface area contributed by atoms with E-state index in [4.69, 9.17) is 0 Å². The SMILES string of the molecule is Cc1ccc(-c2ccc(-c3ccc(N(c4ccc(-c5ccc6sc7ccccc7c6c5)cc4)c4ccc5c(c4)C(C)(C)c4cc(-c6ccc(-c7cccc(-c8cccc(-c9ccc(N(c%10ccc(-c%11ccc%12sc%13ccccc%13c%12c%11)cc%10)c%10ccc%11c(c%10)C(C)(C)c%10cc(-c%12ccccc%12)ccc%10-%11)cc9)c8)c7)cc6)ccc4-5)cc3)cc2)cc1. The van der Waals surface area contributed by atoms with Gasteiger partial charge in [0, 0.05) is 85.3 Å². The minimum atomic E-state index is -0.274. The maximum absolute atomic E-state index is 2.45. The summed E-state index contributed by atoms with van der Waals surface area (Å²) in [5, 5.41) is 5.24. The van der Waals surface area contributed by atoms with E-state index in [1.807, 2.05) is 22.7 Å². The van der Waals surface area contributed by atoms with Gasteiger partial charge in [-0.15, -0.1) is 22.7 Å². The van der Waals surface area contributed by atoms with Gasteiger partial charge in [0.1, 0.15) is 0 Å². The molecule has 0 spiro atoms. The van der Waals surface area contributed by atoms with Crippen molar-refractivity contribution < 1.29 is 0 Å². The van der Waals surface area contributed by atoms with Gasteiger partial charge in [-0.2, -0.15) is 0 Å². The number of anilines is 6. The molecule has 0 fully saturated rings. The van der Waals surface area contributed by atoms with Crippen LogP contribution in [-0.4, -0.2) is 0 Å². The first-order valence-electron chi connectivity index (χ1n) is 41.3. The predicted octanol–water partition coefficient (Wildman–Crippen LogP) is 33.3. The molecule has 22 rings (SSSR count). The molecule has 119 heavy (non-hydrogen) atoms. The van der Waals surface area contributed by atoms with Crippen molar-refractivity contribution in [3.63, 3.8) is 0 Å². The topological polar surface area (TPSA) is 6.48 Å². The molecule has 0 amide bonds. The Morgan fingerprint density at radius 1 is 0.176 bits per heavy atom. The summed E-state index contributed by atoms with van der Waals surface area (Å²) in [6.45, 7) is 11.7. The molecule has 2 nitrogen and oxygen atoms in total. The van der Waals surface area contributed by atoms with Gasteiger partial charge in [-0.3, -0.25) is 0 Å². The van der Waals surface area contributed by atoms with Crippen LogP contribution in [0.4, 0.5) is 34.1 Å². The van der Waals surface area contributed by atoms with Crippen molar-refractivity contribution in [1.82, 2.24) is 0 Å². The van der Waals surface area contributed by atoms with Crippen LogP contribution in [0.15, 0.2) is 406 Å². The van der Waals surface area contributed by atoms with Crippen LogP contribution in [0.5, 0.6) is 0 Å². The number of hydrogen-bond donors (Lipinski definition) is 0. The van der Waals surface area contributed by atoms with Crippen LogP contribution < -0.4 is 9.80 Å². The molecule has 2 aliphatic carbocycles. The minimum absolute atomic E-state index is 0.217. The van der Waals surface area contributed by atoms with Gasteiger partial charge >= 0.3 is 0 Å². The monoisotopic (exact) mass is 1550 g/mol. The van der Waals surface area contributed by atoms with Crippen LogP contribution in [0.3, 0.4) is 0 Å². The Kier molecular flexibility index (Phi) is 17.3. The quantitative estimate of drug-likeness (QED) is 0.101. The van der Waals surface area contributed by atoms with Gasteiger partial charge in [0.05, 0.1) is 0 Å². The van der Waals surface area contributed by atoms with Crippen molar-refractivity contribution in [2.45, 2.75) is 45.4 Å². The number of nitrogens with zero attached hydrogens (tertiary/aromatic N) is 2. The Bertz CT molecular complexity index is 7350. The zero-order valence-corrected chi connectivity index (χ0v) is 68.5. The first-order chi connectivity index (χ1) is 58.3. The summed E-state index contributed by atoms with van der Waals surface area (Å²) < 4.78 is 5.27. The Hall–Kier alpha value is -14.0. The molecule has 2 aromatic heterocycles. The zero-order valence-electron chi connectivity index (χ0n) is 66.9. The Morgan fingerprint density at radius 3 is 0.782 bits per heavy atom. The largest absolute Gasteiger partial charge is 0.310 e. The number of hydrogen-bond acceptors (Lipinski definition) is 4. The summed E-state index contributed by atoms with van der Waals surface area (Å²) in [4.78, 5) is 4.87. The smallest absolute Gasteiger partial charge is 0.0465 e. The fourth-order valence-corrected chi connectivity index (χ4v) is 21.0. The summed E-state index contributed by atoms with van der Waals surface area (Å²) in [7, 11) is 0. The summed E-state index contributed by atoms with van der Waals surface area (Å²) >= 11 is 3.72. The minimum Gasteiger partial charge on any atom is -0.310 e. The second-order valence-electron chi connectivity index (χ2n) is 33.3. The number of benzene rings is 18. The van der Waals surface area contributed by atoms with E-state index in [2.05, 4.69) is 451 Å². The lowest BCUT2D eigenvalue weighted by Gasteiger charge is -2.28. The zero-order chi connectivity index (χ0) is 79.6. The first kappa shape index (κ1) is 71.5. The highest BCUT2D eigenvalue weighted by molar-refractivity contribution is 7.26. The Morgan fingerprint density at radius 2 is 0.412 bits per heavy atom. The predicted molar refractivity (Wildman–Crippen MR) is 510 cm³/mol. The lowest BCUT2D eigenvalue weighted by Crippen LogP contribution is -2.16. The molecular formula is C115H82N2S2. The van der Waals surface area contributed by atoms with E-state index in [9.17, 15) is 0 Å². The third-order valence-electron chi connectivity index (χ3n) is 25.4. The molecule has 2 aliphatic rings. The third kappa shape index (κ3) is 12.7. The van der Waals surface area contributed by atoms with Gasteiger partial charge in [-0.25, -0.2) is 0 Å². The number of aryl methyl sites for hydroxylation is 1. The lowest BCUT2D eigenvalue weighted by atomic mass is 9.81. The van der Waals surface area contributed by atoms with Crippen LogP contribution in [0, 0.1) is 6.92 Å². The number of rotatable bonds is 15. The molecule has 0 saturated carbocycles. The van der Waals surface area contributed by atoms with Gasteiger partial charge < -0.3 is 9.80 Å². The van der Waals surface area contributed by atoms with Crippen molar-refractivity contribution in [2.75, 3.05) is 9.80 Å². The van der Waals surface area contributed by atoms with Crippen LogP contribution in [0.25, 0.3) is 163 Å². The molecule has 4 heteroatoms. The molecule has 0 bridgehead atoms. The highest BCUT2D eigenvalue weighted by atomic mass is 32.1. The average Bonchev–Trinajstić information content (AvgIpc) is 1.58. The summed E-state index contributed by atoms with van der Waals surface area (Å²) in [5.74, 6) is 0. The summed E-state index contributed by atoms with van der Waals surface area (Å²) in [6.07, 6.45) is 0. The Balaban J connectivity index is 0.530. The fraction of sp³-hybridized carbons (Fsp3) is 0.0609. The van der Waals surface area contributed by atoms with Crippen molar-refractivity contribution in [2.24, 2.45) is 0 Å². The van der Waals surface area contributed by atoms with E-state index in [-0.39, 0.29) is 10.8 Å². The average molecular weight is 1560 g/mol. The van der Waals surface area contributed by atoms with Crippen molar-refractivity contribution >= 4 is 97.1 Å². The highest BCUT2D eigenvalue weighted by Crippen LogP contribution is 2.55. The number of thiophene rings is 2. The van der Waals surface area contributed by atoms with E-state index in [1.54, 1.807) is 0 Å². The third-order valence-corrected chi connectivity index (χ3v) is 27.7. The van der Waals surface area contributed by atoms with Gasteiger partial charge in [0.15, 0.2) is 0 Å². The van der Waals surface area contributed by atoms with Gasteiger partial charge in [0.25, 0.3) is 0 Å². The molecule has 2 heterocycles. The van der Waals surface area contributed by atoms with Crippen LogP contribution in [-0.2, 0) is 10.8 Å². The summed E-state index contributed by atoms with van der Waals surface area (Å²) in [5.41, 5.74) is 39.5. The molecule has 564 valence electrons. The van der Waals surface area contributed by atoms with E-state index >= 15 is 0 Å². The maximum atomic E-state index is 2.45. The number of fused-ring (bicyclic) bond motifs is 12. The summed E-state index contributed by atoms with van der Waals surface area (Å²) in [6, 6.07) is 152. The van der Waals surface area contributed by atoms with E-state index in [0.717, 1.165) is 39.7 Å². The van der Waals surface area contributed by atoms with Crippen molar-refractivity contribution in [3.8, 4) is 122 Å². The van der Waals surface area contributed by atoms with E-state index in [1.165, 1.54) is 185 Å². The normalized spacial score (nSPS) is 12.9. The molecular weight excluding hydrogens is 1470 g/mol. The molecule has 0 saturated heterocycles. The second kappa shape index (κ2) is 28.7. The molecule has 0 radical (unpaired) electrons. The van der Waals surface area contributed by atoms with E-state index in [0.29, 0.717) is 0 Å².